The fraction of sp³-hybridized carbons (Fsp3) is 0.600. The quantitative estimate of drug-likeness (QED) is 0.764. The van der Waals surface area contributed by atoms with E-state index in [-0.39, 0.29) is 5.54 Å². The summed E-state index contributed by atoms with van der Waals surface area (Å²) in [6.45, 7) is 2.96. The number of alkyl halides is 2. The van der Waals surface area contributed by atoms with Crippen LogP contribution in [0.3, 0.4) is 0 Å². The predicted octanol–water partition coefficient (Wildman–Crippen LogP) is 3.46. The van der Waals surface area contributed by atoms with Gasteiger partial charge in [-0.15, -0.1) is 34.5 Å². The molecule has 0 spiro atoms. The second kappa shape index (κ2) is 5.96. The van der Waals surface area contributed by atoms with Crippen molar-refractivity contribution < 1.29 is 0 Å². The molecule has 1 aromatic rings. The van der Waals surface area contributed by atoms with Gasteiger partial charge >= 0.3 is 0 Å². The molecule has 0 aliphatic heterocycles. The molecule has 0 aliphatic rings. The maximum Gasteiger partial charge on any atom is 0.0453 e. The second-order valence-corrected chi connectivity index (χ2v) is 4.90. The first-order chi connectivity index (χ1) is 6.76. The first-order valence-corrected chi connectivity index (χ1v) is 6.60. The van der Waals surface area contributed by atoms with E-state index in [1.807, 2.05) is 0 Å². The van der Waals surface area contributed by atoms with Gasteiger partial charge in [-0.05, 0) is 17.9 Å². The molecule has 0 saturated heterocycles. The van der Waals surface area contributed by atoms with Crippen LogP contribution < -0.4 is 5.32 Å². The maximum atomic E-state index is 5.92. The lowest BCUT2D eigenvalue weighted by Gasteiger charge is -2.29. The van der Waals surface area contributed by atoms with Crippen molar-refractivity contribution in [2.24, 2.45) is 0 Å². The molecule has 4 heteroatoms. The van der Waals surface area contributed by atoms with Crippen molar-refractivity contribution in [3.05, 3.63) is 22.4 Å². The van der Waals surface area contributed by atoms with E-state index >= 15 is 0 Å². The Bertz CT molecular complexity index is 236. The van der Waals surface area contributed by atoms with Crippen LogP contribution in [0.5, 0.6) is 0 Å². The SMILES string of the molecule is CCC(CCl)(CCl)NCc1cccs1. The summed E-state index contributed by atoms with van der Waals surface area (Å²) < 4.78 is 0. The van der Waals surface area contributed by atoms with Crippen molar-refractivity contribution in [3.63, 3.8) is 0 Å². The third kappa shape index (κ3) is 3.13. The molecule has 0 amide bonds. The Morgan fingerprint density at radius 3 is 2.57 bits per heavy atom. The molecule has 0 aliphatic carbocycles. The van der Waals surface area contributed by atoms with Gasteiger partial charge in [0.05, 0.1) is 0 Å². The summed E-state index contributed by atoms with van der Waals surface area (Å²) in [6.07, 6.45) is 0.950. The minimum Gasteiger partial charge on any atom is -0.304 e. The molecular formula is C10H15Cl2NS. The molecule has 0 fully saturated rings. The van der Waals surface area contributed by atoms with Crippen LogP contribution >= 0.6 is 34.5 Å². The Morgan fingerprint density at radius 2 is 2.14 bits per heavy atom. The maximum absolute atomic E-state index is 5.92. The zero-order valence-corrected chi connectivity index (χ0v) is 10.6. The van der Waals surface area contributed by atoms with Crippen molar-refractivity contribution in [1.29, 1.82) is 0 Å². The largest absolute Gasteiger partial charge is 0.304 e. The molecule has 1 aromatic heterocycles. The number of thiophene rings is 1. The fourth-order valence-corrected chi connectivity index (χ4v) is 2.63. The van der Waals surface area contributed by atoms with E-state index in [0.717, 1.165) is 13.0 Å². The summed E-state index contributed by atoms with van der Waals surface area (Å²) in [4.78, 5) is 1.32. The Morgan fingerprint density at radius 1 is 1.43 bits per heavy atom. The smallest absolute Gasteiger partial charge is 0.0453 e. The minimum atomic E-state index is -0.118. The van der Waals surface area contributed by atoms with Gasteiger partial charge in [0, 0.05) is 28.7 Å². The van der Waals surface area contributed by atoms with Crippen molar-refractivity contribution in [3.8, 4) is 0 Å². The third-order valence-corrected chi connectivity index (χ3v) is 4.31. The first kappa shape index (κ1) is 12.3. The monoisotopic (exact) mass is 251 g/mol. The highest BCUT2D eigenvalue weighted by atomic mass is 35.5. The topological polar surface area (TPSA) is 12.0 Å². The Hall–Kier alpha value is 0.240. The van der Waals surface area contributed by atoms with Crippen LogP contribution in [0.1, 0.15) is 18.2 Å². The lowest BCUT2D eigenvalue weighted by molar-refractivity contribution is 0.386. The molecule has 0 saturated carbocycles. The molecular weight excluding hydrogens is 237 g/mol. The molecule has 1 heterocycles. The van der Waals surface area contributed by atoms with E-state index in [1.54, 1.807) is 11.3 Å². The molecule has 1 N–H and O–H groups in total. The number of rotatable bonds is 6. The lowest BCUT2D eigenvalue weighted by Crippen LogP contribution is -2.47. The highest BCUT2D eigenvalue weighted by Gasteiger charge is 2.25. The van der Waals surface area contributed by atoms with Crippen LogP contribution in [0.2, 0.25) is 0 Å². The number of halogens is 2. The summed E-state index contributed by atoms with van der Waals surface area (Å²) in [7, 11) is 0. The van der Waals surface area contributed by atoms with E-state index in [9.17, 15) is 0 Å². The van der Waals surface area contributed by atoms with Crippen molar-refractivity contribution in [2.75, 3.05) is 11.8 Å². The number of nitrogens with one attached hydrogen (secondary N) is 1. The van der Waals surface area contributed by atoms with Crippen molar-refractivity contribution in [1.82, 2.24) is 5.32 Å². The van der Waals surface area contributed by atoms with Gasteiger partial charge in [-0.1, -0.05) is 13.0 Å². The van der Waals surface area contributed by atoms with E-state index in [2.05, 4.69) is 29.8 Å². The summed E-state index contributed by atoms with van der Waals surface area (Å²) in [5, 5.41) is 5.51. The number of hydrogen-bond acceptors (Lipinski definition) is 2. The minimum absolute atomic E-state index is 0.118. The third-order valence-electron chi connectivity index (χ3n) is 2.41. The van der Waals surface area contributed by atoms with Gasteiger partial charge in [0.15, 0.2) is 0 Å². The predicted molar refractivity (Wildman–Crippen MR) is 65.6 cm³/mol. The molecule has 80 valence electrons. The van der Waals surface area contributed by atoms with Crippen LogP contribution in [0.15, 0.2) is 17.5 Å². The van der Waals surface area contributed by atoms with Gasteiger partial charge < -0.3 is 5.32 Å². The summed E-state index contributed by atoms with van der Waals surface area (Å²) in [5.74, 6) is 1.11. The number of hydrogen-bond donors (Lipinski definition) is 1. The Balaban J connectivity index is 2.48. The lowest BCUT2D eigenvalue weighted by atomic mass is 10.0. The van der Waals surface area contributed by atoms with Gasteiger partial charge in [-0.3, -0.25) is 0 Å². The molecule has 14 heavy (non-hydrogen) atoms. The van der Waals surface area contributed by atoms with Gasteiger partial charge in [0.25, 0.3) is 0 Å². The van der Waals surface area contributed by atoms with Crippen LogP contribution in [-0.4, -0.2) is 17.3 Å². The molecule has 0 bridgehead atoms. The zero-order valence-electron chi connectivity index (χ0n) is 8.22. The Labute approximate surface area is 99.4 Å². The molecule has 1 rings (SSSR count). The van der Waals surface area contributed by atoms with Crippen LogP contribution in [-0.2, 0) is 6.54 Å². The van der Waals surface area contributed by atoms with Gasteiger partial charge in [0.2, 0.25) is 0 Å². The van der Waals surface area contributed by atoms with E-state index in [4.69, 9.17) is 23.2 Å². The molecule has 0 aromatic carbocycles. The Kier molecular flexibility index (Phi) is 5.24. The van der Waals surface area contributed by atoms with Crippen LogP contribution in [0.25, 0.3) is 0 Å². The molecule has 0 radical (unpaired) electrons. The summed E-state index contributed by atoms with van der Waals surface area (Å²) in [6, 6.07) is 4.16. The first-order valence-electron chi connectivity index (χ1n) is 4.65. The summed E-state index contributed by atoms with van der Waals surface area (Å²) in [5.41, 5.74) is -0.118. The average molecular weight is 252 g/mol. The highest BCUT2D eigenvalue weighted by Crippen LogP contribution is 2.17. The average Bonchev–Trinajstić information content (AvgIpc) is 2.74. The molecule has 0 atom stereocenters. The second-order valence-electron chi connectivity index (χ2n) is 3.33. The normalized spacial score (nSPS) is 11.9. The van der Waals surface area contributed by atoms with Crippen LogP contribution in [0.4, 0.5) is 0 Å². The van der Waals surface area contributed by atoms with E-state index < -0.39 is 0 Å². The van der Waals surface area contributed by atoms with E-state index in [1.165, 1.54) is 4.88 Å². The molecule has 0 unspecified atom stereocenters. The van der Waals surface area contributed by atoms with Crippen LogP contribution in [0, 0.1) is 0 Å². The van der Waals surface area contributed by atoms with E-state index in [0.29, 0.717) is 11.8 Å². The zero-order chi connectivity index (χ0) is 10.4. The molecule has 1 nitrogen and oxygen atoms in total. The highest BCUT2D eigenvalue weighted by molar-refractivity contribution is 7.09. The van der Waals surface area contributed by atoms with Crippen molar-refractivity contribution >= 4 is 34.5 Å². The van der Waals surface area contributed by atoms with Crippen molar-refractivity contribution in [2.45, 2.75) is 25.4 Å². The van der Waals surface area contributed by atoms with Gasteiger partial charge in [0.1, 0.15) is 0 Å². The van der Waals surface area contributed by atoms with Gasteiger partial charge in [-0.2, -0.15) is 0 Å². The van der Waals surface area contributed by atoms with Gasteiger partial charge in [-0.25, -0.2) is 0 Å². The summed E-state index contributed by atoms with van der Waals surface area (Å²) >= 11 is 13.6. The fourth-order valence-electron chi connectivity index (χ4n) is 1.13. The standard InChI is InChI=1S/C10H15Cl2NS/c1-2-10(7-11,8-12)13-6-9-4-3-5-14-9/h3-5,13H,2,6-8H2,1H3.